The molecule has 0 aliphatic carbocycles. The Kier molecular flexibility index (Phi) is 3.51. The molecule has 0 heterocycles. The summed E-state index contributed by atoms with van der Waals surface area (Å²) in [5, 5.41) is 0.605. The molecular weight excluding hydrogens is 201 g/mol. The Labute approximate surface area is 89.1 Å². The van der Waals surface area contributed by atoms with Crippen LogP contribution < -0.4 is 5.73 Å². The van der Waals surface area contributed by atoms with Gasteiger partial charge < -0.3 is 5.73 Å². The standard InChI is InChI=1S/C11H15ClFN/c1-11(2,7-14)6-8-5-9(13)3-4-10(8)12/h3-5H,6-7,14H2,1-2H3. The van der Waals surface area contributed by atoms with Crippen molar-refractivity contribution in [1.82, 2.24) is 0 Å². The Morgan fingerprint density at radius 1 is 1.43 bits per heavy atom. The summed E-state index contributed by atoms with van der Waals surface area (Å²) in [5.74, 6) is -0.253. The van der Waals surface area contributed by atoms with Gasteiger partial charge in [0.15, 0.2) is 0 Å². The molecule has 1 aromatic rings. The van der Waals surface area contributed by atoms with Gasteiger partial charge in [-0.25, -0.2) is 4.39 Å². The smallest absolute Gasteiger partial charge is 0.123 e. The lowest BCUT2D eigenvalue weighted by Gasteiger charge is -2.22. The topological polar surface area (TPSA) is 26.0 Å². The van der Waals surface area contributed by atoms with Crippen LogP contribution in [0.4, 0.5) is 4.39 Å². The Bertz CT molecular complexity index is 323. The second-order valence-electron chi connectivity index (χ2n) is 4.28. The number of hydrogen-bond acceptors (Lipinski definition) is 1. The molecule has 0 unspecified atom stereocenters. The highest BCUT2D eigenvalue weighted by Crippen LogP contribution is 2.26. The second kappa shape index (κ2) is 4.28. The second-order valence-corrected chi connectivity index (χ2v) is 4.69. The van der Waals surface area contributed by atoms with Gasteiger partial charge in [-0.3, -0.25) is 0 Å². The average molecular weight is 216 g/mol. The lowest BCUT2D eigenvalue weighted by Crippen LogP contribution is -2.26. The zero-order chi connectivity index (χ0) is 10.8. The van der Waals surface area contributed by atoms with E-state index >= 15 is 0 Å². The first kappa shape index (κ1) is 11.5. The zero-order valence-corrected chi connectivity index (χ0v) is 9.24. The van der Waals surface area contributed by atoms with Crippen molar-refractivity contribution in [2.24, 2.45) is 11.1 Å². The van der Waals surface area contributed by atoms with Crippen LogP contribution in [0.5, 0.6) is 0 Å². The summed E-state index contributed by atoms with van der Waals surface area (Å²) in [4.78, 5) is 0. The Morgan fingerprint density at radius 3 is 2.64 bits per heavy atom. The summed E-state index contributed by atoms with van der Waals surface area (Å²) >= 11 is 5.95. The van der Waals surface area contributed by atoms with Crippen LogP contribution in [0.2, 0.25) is 5.02 Å². The van der Waals surface area contributed by atoms with Gasteiger partial charge in [0.05, 0.1) is 0 Å². The van der Waals surface area contributed by atoms with Gasteiger partial charge in [-0.1, -0.05) is 25.4 Å². The average Bonchev–Trinajstić information content (AvgIpc) is 2.11. The molecule has 0 amide bonds. The Hall–Kier alpha value is -0.600. The van der Waals surface area contributed by atoms with Crippen LogP contribution in [-0.4, -0.2) is 6.54 Å². The first-order valence-corrected chi connectivity index (χ1v) is 4.96. The molecule has 3 heteroatoms. The minimum absolute atomic E-state index is 0.0442. The summed E-state index contributed by atoms with van der Waals surface area (Å²) in [7, 11) is 0. The molecule has 0 saturated carbocycles. The van der Waals surface area contributed by atoms with Crippen molar-refractivity contribution in [3.05, 3.63) is 34.6 Å². The quantitative estimate of drug-likeness (QED) is 0.824. The summed E-state index contributed by atoms with van der Waals surface area (Å²) in [5.41, 5.74) is 6.38. The monoisotopic (exact) mass is 215 g/mol. The first-order chi connectivity index (χ1) is 6.44. The number of rotatable bonds is 3. The summed E-state index contributed by atoms with van der Waals surface area (Å²) in [6.45, 7) is 4.63. The molecule has 0 aromatic heterocycles. The van der Waals surface area contributed by atoms with Gasteiger partial charge in [-0.05, 0) is 42.1 Å². The predicted octanol–water partition coefficient (Wildman–Crippen LogP) is 3.01. The number of benzene rings is 1. The van der Waals surface area contributed by atoms with Gasteiger partial charge in [0.25, 0.3) is 0 Å². The van der Waals surface area contributed by atoms with Gasteiger partial charge >= 0.3 is 0 Å². The van der Waals surface area contributed by atoms with Crippen molar-refractivity contribution in [3.8, 4) is 0 Å². The molecule has 1 aromatic carbocycles. The minimum atomic E-state index is -0.253. The van der Waals surface area contributed by atoms with Crippen molar-refractivity contribution in [1.29, 1.82) is 0 Å². The van der Waals surface area contributed by atoms with E-state index in [1.165, 1.54) is 12.1 Å². The lowest BCUT2D eigenvalue weighted by molar-refractivity contribution is 0.376. The largest absolute Gasteiger partial charge is 0.330 e. The lowest BCUT2D eigenvalue weighted by atomic mass is 9.86. The van der Waals surface area contributed by atoms with E-state index < -0.39 is 0 Å². The van der Waals surface area contributed by atoms with E-state index in [-0.39, 0.29) is 11.2 Å². The van der Waals surface area contributed by atoms with Crippen molar-refractivity contribution in [3.63, 3.8) is 0 Å². The van der Waals surface area contributed by atoms with Crippen LogP contribution in [0.3, 0.4) is 0 Å². The van der Waals surface area contributed by atoms with Crippen molar-refractivity contribution < 1.29 is 4.39 Å². The first-order valence-electron chi connectivity index (χ1n) is 4.58. The van der Waals surface area contributed by atoms with E-state index in [4.69, 9.17) is 17.3 Å². The van der Waals surface area contributed by atoms with Crippen LogP contribution >= 0.6 is 11.6 Å². The van der Waals surface area contributed by atoms with Gasteiger partial charge in [0.1, 0.15) is 5.82 Å². The van der Waals surface area contributed by atoms with Gasteiger partial charge in [-0.15, -0.1) is 0 Å². The molecule has 78 valence electrons. The summed E-state index contributed by atoms with van der Waals surface area (Å²) in [6.07, 6.45) is 0.695. The van der Waals surface area contributed by atoms with E-state index in [2.05, 4.69) is 0 Å². The van der Waals surface area contributed by atoms with Crippen molar-refractivity contribution >= 4 is 11.6 Å². The molecule has 0 fully saturated rings. The molecule has 14 heavy (non-hydrogen) atoms. The van der Waals surface area contributed by atoms with E-state index in [1.807, 2.05) is 13.8 Å². The van der Waals surface area contributed by atoms with Crippen LogP contribution in [0.25, 0.3) is 0 Å². The molecule has 1 rings (SSSR count). The third-order valence-electron chi connectivity index (χ3n) is 2.23. The van der Waals surface area contributed by atoms with Crippen LogP contribution in [0.15, 0.2) is 18.2 Å². The third kappa shape index (κ3) is 2.96. The van der Waals surface area contributed by atoms with Gasteiger partial charge in [0.2, 0.25) is 0 Å². The van der Waals surface area contributed by atoms with E-state index in [9.17, 15) is 4.39 Å². The Morgan fingerprint density at radius 2 is 2.07 bits per heavy atom. The normalized spacial score (nSPS) is 11.8. The highest BCUT2D eigenvalue weighted by molar-refractivity contribution is 6.31. The minimum Gasteiger partial charge on any atom is -0.330 e. The maximum absolute atomic E-state index is 12.9. The molecule has 0 aliphatic heterocycles. The Balaban J connectivity index is 2.91. The zero-order valence-electron chi connectivity index (χ0n) is 8.48. The van der Waals surface area contributed by atoms with E-state index in [1.54, 1.807) is 6.07 Å². The maximum Gasteiger partial charge on any atom is 0.123 e. The number of nitrogens with two attached hydrogens (primary N) is 1. The molecule has 0 atom stereocenters. The van der Waals surface area contributed by atoms with Crippen LogP contribution in [-0.2, 0) is 6.42 Å². The molecule has 0 spiro atoms. The number of hydrogen-bond donors (Lipinski definition) is 1. The highest BCUT2D eigenvalue weighted by Gasteiger charge is 2.18. The summed E-state index contributed by atoms with van der Waals surface area (Å²) in [6, 6.07) is 4.42. The maximum atomic E-state index is 12.9. The predicted molar refractivity (Wildman–Crippen MR) is 57.9 cm³/mol. The van der Waals surface area contributed by atoms with E-state index in [0.29, 0.717) is 18.0 Å². The molecule has 1 nitrogen and oxygen atoms in total. The molecular formula is C11H15ClFN. The molecule has 2 N–H and O–H groups in total. The molecule has 0 aliphatic rings. The molecule has 0 radical (unpaired) electrons. The van der Waals surface area contributed by atoms with Gasteiger partial charge in [0, 0.05) is 5.02 Å². The van der Waals surface area contributed by atoms with Crippen molar-refractivity contribution in [2.45, 2.75) is 20.3 Å². The molecule has 0 bridgehead atoms. The fourth-order valence-electron chi connectivity index (χ4n) is 1.27. The van der Waals surface area contributed by atoms with Crippen LogP contribution in [0, 0.1) is 11.2 Å². The SMILES string of the molecule is CC(C)(CN)Cc1cc(F)ccc1Cl. The number of halogens is 2. The fourth-order valence-corrected chi connectivity index (χ4v) is 1.45. The van der Waals surface area contributed by atoms with E-state index in [0.717, 1.165) is 5.56 Å². The highest BCUT2D eigenvalue weighted by atomic mass is 35.5. The fraction of sp³-hybridized carbons (Fsp3) is 0.455. The molecule has 0 saturated heterocycles. The third-order valence-corrected chi connectivity index (χ3v) is 2.60. The van der Waals surface area contributed by atoms with Gasteiger partial charge in [-0.2, -0.15) is 0 Å². The summed E-state index contributed by atoms with van der Waals surface area (Å²) < 4.78 is 12.9. The van der Waals surface area contributed by atoms with Crippen molar-refractivity contribution in [2.75, 3.05) is 6.54 Å². The van der Waals surface area contributed by atoms with Crippen LogP contribution in [0.1, 0.15) is 19.4 Å².